The third kappa shape index (κ3) is 3.81. The first-order valence-electron chi connectivity index (χ1n) is 9.42. The summed E-state index contributed by atoms with van der Waals surface area (Å²) in [6.45, 7) is 2.92. The van der Waals surface area contributed by atoms with Crippen LogP contribution < -0.4 is 0 Å². The van der Waals surface area contributed by atoms with E-state index >= 15 is 0 Å². The fraction of sp³-hybridized carbons (Fsp3) is 0.217. The first-order chi connectivity index (χ1) is 13.6. The van der Waals surface area contributed by atoms with Crippen molar-refractivity contribution in [2.75, 3.05) is 13.1 Å². The number of phenols is 3. The molecule has 0 atom stereocenters. The van der Waals surface area contributed by atoms with Crippen molar-refractivity contribution in [3.8, 4) is 17.2 Å². The van der Waals surface area contributed by atoms with Crippen molar-refractivity contribution < 1.29 is 15.3 Å². The zero-order chi connectivity index (χ0) is 19.5. The molecule has 0 spiro atoms. The van der Waals surface area contributed by atoms with Gasteiger partial charge in [0.1, 0.15) is 17.2 Å². The molecule has 1 aliphatic heterocycles. The number of nitrogens with zero attached hydrogens (tertiary/aromatic N) is 2. The Balaban J connectivity index is 1.63. The summed E-state index contributed by atoms with van der Waals surface area (Å²) in [5, 5.41) is 30.1. The Labute approximate surface area is 164 Å². The first-order valence-corrected chi connectivity index (χ1v) is 9.42. The monoisotopic (exact) mass is 376 g/mol. The van der Waals surface area contributed by atoms with E-state index < -0.39 is 0 Å². The van der Waals surface area contributed by atoms with E-state index in [-0.39, 0.29) is 11.9 Å². The summed E-state index contributed by atoms with van der Waals surface area (Å²) in [5.41, 5.74) is 2.84. The molecule has 0 amide bonds. The van der Waals surface area contributed by atoms with E-state index in [9.17, 15) is 15.3 Å². The average molecular weight is 376 g/mol. The molecule has 3 N–H and O–H groups in total. The fourth-order valence-electron chi connectivity index (χ4n) is 3.86. The Hall–Kier alpha value is -3.02. The van der Waals surface area contributed by atoms with Crippen LogP contribution in [0.4, 0.5) is 0 Å². The third-order valence-corrected chi connectivity index (χ3v) is 5.29. The molecule has 1 aliphatic rings. The maximum Gasteiger partial charge on any atom is 0.120 e. The van der Waals surface area contributed by atoms with E-state index in [1.807, 2.05) is 48.5 Å². The summed E-state index contributed by atoms with van der Waals surface area (Å²) < 4.78 is 0. The summed E-state index contributed by atoms with van der Waals surface area (Å²) in [6, 6.07) is 22.1. The van der Waals surface area contributed by atoms with Gasteiger partial charge in [0.25, 0.3) is 0 Å². The largest absolute Gasteiger partial charge is 0.508 e. The van der Waals surface area contributed by atoms with Crippen molar-refractivity contribution in [1.29, 1.82) is 0 Å². The highest BCUT2D eigenvalue weighted by Gasteiger charge is 2.33. The smallest absolute Gasteiger partial charge is 0.120 e. The summed E-state index contributed by atoms with van der Waals surface area (Å²) in [5.74, 6) is 0.832. The van der Waals surface area contributed by atoms with Gasteiger partial charge in [0.15, 0.2) is 0 Å². The first kappa shape index (κ1) is 18.3. The molecule has 144 valence electrons. The van der Waals surface area contributed by atoms with Crippen molar-refractivity contribution in [2.45, 2.75) is 19.3 Å². The van der Waals surface area contributed by atoms with E-state index in [1.165, 1.54) is 0 Å². The molecule has 1 fully saturated rings. The summed E-state index contributed by atoms with van der Waals surface area (Å²) in [7, 11) is 0. The van der Waals surface area contributed by atoms with E-state index in [1.54, 1.807) is 24.3 Å². The number of rotatable bonds is 5. The van der Waals surface area contributed by atoms with Crippen molar-refractivity contribution in [2.24, 2.45) is 0 Å². The summed E-state index contributed by atoms with van der Waals surface area (Å²) in [6.07, 6.45) is -0.0141. The van der Waals surface area contributed by atoms with Crippen LogP contribution in [0.2, 0.25) is 0 Å². The van der Waals surface area contributed by atoms with Gasteiger partial charge in [-0.1, -0.05) is 48.5 Å². The molecule has 5 heteroatoms. The highest BCUT2D eigenvalue weighted by atomic mass is 16.3. The Morgan fingerprint density at radius 3 is 1.57 bits per heavy atom. The van der Waals surface area contributed by atoms with Crippen LogP contribution in [-0.4, -0.2) is 38.2 Å². The second-order valence-corrected chi connectivity index (χ2v) is 7.16. The average Bonchev–Trinajstić information content (AvgIpc) is 3.08. The molecule has 5 nitrogen and oxygen atoms in total. The van der Waals surface area contributed by atoms with Gasteiger partial charge in [-0.3, -0.25) is 9.80 Å². The predicted molar refractivity (Wildman–Crippen MR) is 108 cm³/mol. The molecule has 3 aromatic rings. The fourth-order valence-corrected chi connectivity index (χ4v) is 3.86. The molecule has 0 saturated carbocycles. The van der Waals surface area contributed by atoms with Gasteiger partial charge in [-0.05, 0) is 29.8 Å². The Bertz CT molecular complexity index is 887. The molecule has 1 saturated heterocycles. The molecule has 0 aliphatic carbocycles. The lowest BCUT2D eigenvalue weighted by molar-refractivity contribution is 0.124. The van der Waals surface area contributed by atoms with Crippen LogP contribution in [0.25, 0.3) is 0 Å². The SMILES string of the molecule is Oc1ccc(C2N(Cc3ccccc3O)CCN2Cc2ccccc2O)cc1. The van der Waals surface area contributed by atoms with Crippen LogP contribution in [0, 0.1) is 0 Å². The second-order valence-electron chi connectivity index (χ2n) is 7.16. The zero-order valence-corrected chi connectivity index (χ0v) is 15.6. The van der Waals surface area contributed by atoms with Crippen molar-refractivity contribution in [3.63, 3.8) is 0 Å². The highest BCUT2D eigenvalue weighted by Crippen LogP contribution is 2.35. The number of phenolic OH excluding ortho intramolecular Hbond substituents is 3. The van der Waals surface area contributed by atoms with Crippen LogP contribution in [-0.2, 0) is 13.1 Å². The lowest BCUT2D eigenvalue weighted by atomic mass is 10.1. The van der Waals surface area contributed by atoms with Crippen LogP contribution >= 0.6 is 0 Å². The van der Waals surface area contributed by atoms with Gasteiger partial charge in [0, 0.05) is 37.3 Å². The van der Waals surface area contributed by atoms with E-state index in [0.29, 0.717) is 24.6 Å². The van der Waals surface area contributed by atoms with E-state index in [0.717, 1.165) is 29.8 Å². The van der Waals surface area contributed by atoms with Gasteiger partial charge in [-0.25, -0.2) is 0 Å². The minimum Gasteiger partial charge on any atom is -0.508 e. The van der Waals surface area contributed by atoms with Crippen LogP contribution in [0.15, 0.2) is 72.8 Å². The number of benzene rings is 3. The quantitative estimate of drug-likeness (QED) is 0.632. The number of hydrogen-bond acceptors (Lipinski definition) is 5. The number of para-hydroxylation sites is 2. The van der Waals surface area contributed by atoms with E-state index in [2.05, 4.69) is 9.80 Å². The molecule has 0 radical (unpaired) electrons. The Morgan fingerprint density at radius 2 is 1.11 bits per heavy atom. The van der Waals surface area contributed by atoms with Gasteiger partial charge in [-0.2, -0.15) is 0 Å². The topological polar surface area (TPSA) is 67.2 Å². The standard InChI is InChI=1S/C23H24N2O3/c26-20-11-9-17(10-12-20)23-24(15-18-5-1-3-7-21(18)27)13-14-25(23)16-19-6-2-4-8-22(19)28/h1-12,23,26-28H,13-16H2. The van der Waals surface area contributed by atoms with Gasteiger partial charge >= 0.3 is 0 Å². The highest BCUT2D eigenvalue weighted by molar-refractivity contribution is 5.34. The predicted octanol–water partition coefficient (Wildman–Crippen LogP) is 3.82. The summed E-state index contributed by atoms with van der Waals surface area (Å²) in [4.78, 5) is 4.61. The van der Waals surface area contributed by atoms with E-state index in [4.69, 9.17) is 0 Å². The number of hydrogen-bond donors (Lipinski definition) is 3. The molecule has 0 bridgehead atoms. The summed E-state index contributed by atoms with van der Waals surface area (Å²) >= 11 is 0. The minimum atomic E-state index is -0.0141. The number of aromatic hydroxyl groups is 3. The lowest BCUT2D eigenvalue weighted by Crippen LogP contribution is -2.30. The van der Waals surface area contributed by atoms with Crippen molar-refractivity contribution in [1.82, 2.24) is 9.80 Å². The van der Waals surface area contributed by atoms with Gasteiger partial charge in [0.05, 0.1) is 6.17 Å². The molecular formula is C23H24N2O3. The normalized spacial score (nSPS) is 15.9. The molecule has 0 aromatic heterocycles. The molecule has 0 unspecified atom stereocenters. The van der Waals surface area contributed by atoms with Crippen LogP contribution in [0.3, 0.4) is 0 Å². The lowest BCUT2D eigenvalue weighted by Gasteiger charge is -2.31. The molecule has 1 heterocycles. The van der Waals surface area contributed by atoms with Crippen molar-refractivity contribution in [3.05, 3.63) is 89.5 Å². The molecule has 4 rings (SSSR count). The maximum absolute atomic E-state index is 10.2. The van der Waals surface area contributed by atoms with Gasteiger partial charge in [0.2, 0.25) is 0 Å². The Morgan fingerprint density at radius 1 is 0.643 bits per heavy atom. The Kier molecular flexibility index (Phi) is 5.19. The van der Waals surface area contributed by atoms with Crippen molar-refractivity contribution >= 4 is 0 Å². The maximum atomic E-state index is 10.2. The van der Waals surface area contributed by atoms with Gasteiger partial charge < -0.3 is 15.3 Å². The molecular weight excluding hydrogens is 352 g/mol. The van der Waals surface area contributed by atoms with Gasteiger partial charge in [-0.15, -0.1) is 0 Å². The van der Waals surface area contributed by atoms with Crippen LogP contribution in [0.1, 0.15) is 22.9 Å². The van der Waals surface area contributed by atoms with Crippen LogP contribution in [0.5, 0.6) is 17.2 Å². The molecule has 28 heavy (non-hydrogen) atoms. The third-order valence-electron chi connectivity index (χ3n) is 5.29. The minimum absolute atomic E-state index is 0.0141. The zero-order valence-electron chi connectivity index (χ0n) is 15.6. The molecule has 3 aromatic carbocycles. The second kappa shape index (κ2) is 7.92.